The maximum absolute atomic E-state index is 12.5. The molecule has 3 fully saturated rings. The fourth-order valence-corrected chi connectivity index (χ4v) is 7.47. The molecule has 4 heteroatoms. The van der Waals surface area contributed by atoms with Crippen LogP contribution in [0.3, 0.4) is 0 Å². The van der Waals surface area contributed by atoms with Crippen molar-refractivity contribution in [2.45, 2.75) is 71.3 Å². The molecule has 0 aliphatic heterocycles. The summed E-state index contributed by atoms with van der Waals surface area (Å²) in [5.74, 6) is 1.80. The second kappa shape index (κ2) is 7.25. The zero-order valence-corrected chi connectivity index (χ0v) is 18.1. The van der Waals surface area contributed by atoms with Crippen LogP contribution in [0.1, 0.15) is 75.6 Å². The van der Waals surface area contributed by atoms with Crippen molar-refractivity contribution in [1.29, 1.82) is 0 Å². The van der Waals surface area contributed by atoms with Crippen molar-refractivity contribution in [3.8, 4) is 0 Å². The van der Waals surface area contributed by atoms with Crippen LogP contribution in [-0.2, 0) is 4.74 Å². The Labute approximate surface area is 179 Å². The Morgan fingerprint density at radius 3 is 2.57 bits per heavy atom. The normalized spacial score (nSPS) is 41.4. The molecular formula is C26H33NO3. The van der Waals surface area contributed by atoms with E-state index in [-0.39, 0.29) is 22.9 Å². The molecule has 0 bridgehead atoms. The maximum atomic E-state index is 12.5. The third-order valence-electron chi connectivity index (χ3n) is 9.20. The van der Waals surface area contributed by atoms with E-state index in [0.29, 0.717) is 23.3 Å². The molecule has 4 aliphatic carbocycles. The van der Waals surface area contributed by atoms with Gasteiger partial charge in [0.1, 0.15) is 6.10 Å². The van der Waals surface area contributed by atoms with E-state index in [4.69, 9.17) is 4.74 Å². The number of hydrogen-bond donors (Lipinski definition) is 1. The average molecular weight is 408 g/mol. The van der Waals surface area contributed by atoms with E-state index in [1.54, 1.807) is 0 Å². The lowest BCUT2D eigenvalue weighted by Crippen LogP contribution is -2.50. The van der Waals surface area contributed by atoms with Gasteiger partial charge in [0.05, 0.1) is 11.3 Å². The van der Waals surface area contributed by atoms with Crippen LogP contribution >= 0.6 is 0 Å². The Morgan fingerprint density at radius 2 is 1.80 bits per heavy atom. The standard InChI is InChI=1S/C26H33NO3/c1-25-14-12-19(30-24(28)17-6-4-3-5-7-17)16-18(25)8-9-20-21-10-11-23(27-29)26(21,2)15-13-22(20)25/h3-8,19-22,29H,9-16H2,1-2H3/b27-23+/t19?,20?,21?,22?,25-,26-/m0/s1. The summed E-state index contributed by atoms with van der Waals surface area (Å²) in [4.78, 5) is 12.5. The van der Waals surface area contributed by atoms with E-state index in [2.05, 4.69) is 25.1 Å². The van der Waals surface area contributed by atoms with Gasteiger partial charge in [-0.1, -0.05) is 48.9 Å². The summed E-state index contributed by atoms with van der Waals surface area (Å²) in [5.41, 5.74) is 3.48. The van der Waals surface area contributed by atoms with Crippen molar-refractivity contribution >= 4 is 11.7 Å². The van der Waals surface area contributed by atoms with Gasteiger partial charge in [-0.25, -0.2) is 4.79 Å². The molecular weight excluding hydrogens is 374 g/mol. The van der Waals surface area contributed by atoms with Gasteiger partial charge >= 0.3 is 5.97 Å². The van der Waals surface area contributed by atoms with Crippen LogP contribution in [0.2, 0.25) is 0 Å². The molecule has 4 nitrogen and oxygen atoms in total. The summed E-state index contributed by atoms with van der Waals surface area (Å²) in [6, 6.07) is 9.33. The molecule has 0 heterocycles. The van der Waals surface area contributed by atoms with Crippen molar-refractivity contribution in [2.24, 2.45) is 33.7 Å². The fourth-order valence-electron chi connectivity index (χ4n) is 7.47. The van der Waals surface area contributed by atoms with Crippen LogP contribution in [0.4, 0.5) is 0 Å². The van der Waals surface area contributed by atoms with Crippen LogP contribution in [0.5, 0.6) is 0 Å². The highest BCUT2D eigenvalue weighted by atomic mass is 16.5. The molecule has 4 unspecified atom stereocenters. The zero-order chi connectivity index (χ0) is 20.9. The first kappa shape index (κ1) is 19.8. The first-order valence-corrected chi connectivity index (χ1v) is 11.6. The Balaban J connectivity index is 1.33. The number of benzene rings is 1. The third-order valence-corrected chi connectivity index (χ3v) is 9.20. The van der Waals surface area contributed by atoms with E-state index in [1.165, 1.54) is 12.0 Å². The molecule has 0 aromatic heterocycles. The van der Waals surface area contributed by atoms with E-state index in [1.807, 2.05) is 30.3 Å². The minimum atomic E-state index is -0.200. The second-order valence-corrected chi connectivity index (χ2v) is 10.4. The van der Waals surface area contributed by atoms with E-state index < -0.39 is 0 Å². The molecule has 0 saturated heterocycles. The van der Waals surface area contributed by atoms with E-state index >= 15 is 0 Å². The van der Waals surface area contributed by atoms with Gasteiger partial charge < -0.3 is 9.94 Å². The van der Waals surface area contributed by atoms with E-state index in [0.717, 1.165) is 50.7 Å². The van der Waals surface area contributed by atoms with Gasteiger partial charge in [0, 0.05) is 11.8 Å². The number of allylic oxidation sites excluding steroid dienone is 1. The van der Waals surface area contributed by atoms with Crippen LogP contribution in [0, 0.1) is 28.6 Å². The largest absolute Gasteiger partial charge is 0.458 e. The summed E-state index contributed by atoms with van der Waals surface area (Å²) < 4.78 is 5.90. The average Bonchev–Trinajstić information content (AvgIpc) is 3.11. The molecule has 6 atom stereocenters. The number of ether oxygens (including phenoxy) is 1. The minimum Gasteiger partial charge on any atom is -0.458 e. The van der Waals surface area contributed by atoms with Gasteiger partial charge in [-0.15, -0.1) is 0 Å². The molecule has 1 aromatic carbocycles. The molecule has 30 heavy (non-hydrogen) atoms. The van der Waals surface area contributed by atoms with Crippen molar-refractivity contribution in [1.82, 2.24) is 0 Å². The van der Waals surface area contributed by atoms with E-state index in [9.17, 15) is 10.0 Å². The van der Waals surface area contributed by atoms with Gasteiger partial charge in [-0.05, 0) is 80.2 Å². The van der Waals surface area contributed by atoms with Gasteiger partial charge in [0.15, 0.2) is 0 Å². The Bertz CT molecular complexity index is 891. The third kappa shape index (κ3) is 2.94. The van der Waals surface area contributed by atoms with Gasteiger partial charge in [-0.2, -0.15) is 0 Å². The summed E-state index contributed by atoms with van der Waals surface area (Å²) in [6.07, 6.45) is 11.0. The number of fused-ring (bicyclic) bond motifs is 5. The first-order valence-electron chi connectivity index (χ1n) is 11.6. The molecule has 5 rings (SSSR count). The Kier molecular flexibility index (Phi) is 4.79. The molecule has 0 radical (unpaired) electrons. The highest BCUT2D eigenvalue weighted by molar-refractivity contribution is 5.92. The molecule has 160 valence electrons. The number of oxime groups is 1. The van der Waals surface area contributed by atoms with Crippen molar-refractivity contribution in [2.75, 3.05) is 0 Å². The summed E-state index contributed by atoms with van der Waals surface area (Å²) in [7, 11) is 0. The SMILES string of the molecule is C[C@]12CCC(OC(=O)c3ccccc3)CC1=CCC1C2CC[C@]2(C)/C(=N/O)CCC12. The first-order chi connectivity index (χ1) is 14.5. The second-order valence-electron chi connectivity index (χ2n) is 10.4. The number of carbonyl (C=O) groups is 1. The topological polar surface area (TPSA) is 58.9 Å². The number of rotatable bonds is 2. The molecule has 0 spiro atoms. The lowest BCUT2D eigenvalue weighted by molar-refractivity contribution is -0.0287. The number of nitrogens with zero attached hydrogens (tertiary/aromatic N) is 1. The predicted octanol–water partition coefficient (Wildman–Crippen LogP) is 6.01. The van der Waals surface area contributed by atoms with Crippen molar-refractivity contribution in [3.63, 3.8) is 0 Å². The van der Waals surface area contributed by atoms with Gasteiger partial charge in [0.2, 0.25) is 0 Å². The highest BCUT2D eigenvalue weighted by Gasteiger charge is 2.58. The minimum absolute atomic E-state index is 0.0120. The maximum Gasteiger partial charge on any atom is 0.338 e. The van der Waals surface area contributed by atoms with Crippen LogP contribution in [0.15, 0.2) is 47.1 Å². The lowest BCUT2D eigenvalue weighted by Gasteiger charge is -2.57. The van der Waals surface area contributed by atoms with Crippen LogP contribution in [-0.4, -0.2) is 23.0 Å². The molecule has 3 saturated carbocycles. The monoisotopic (exact) mass is 407 g/mol. The fraction of sp³-hybridized carbons (Fsp3) is 0.615. The van der Waals surface area contributed by atoms with Crippen LogP contribution in [0.25, 0.3) is 0 Å². The molecule has 1 aromatic rings. The number of esters is 1. The lowest BCUT2D eigenvalue weighted by atomic mass is 9.48. The number of hydrogen-bond acceptors (Lipinski definition) is 4. The van der Waals surface area contributed by atoms with Crippen molar-refractivity contribution < 1.29 is 14.7 Å². The summed E-state index contributed by atoms with van der Waals surface area (Å²) >= 11 is 0. The van der Waals surface area contributed by atoms with Gasteiger partial charge in [-0.3, -0.25) is 0 Å². The number of carbonyl (C=O) groups excluding carboxylic acids is 1. The summed E-state index contributed by atoms with van der Waals surface area (Å²) in [6.45, 7) is 4.79. The summed E-state index contributed by atoms with van der Waals surface area (Å²) in [5, 5.41) is 13.2. The molecule has 0 amide bonds. The Morgan fingerprint density at radius 1 is 1.07 bits per heavy atom. The molecule has 1 N–H and O–H groups in total. The molecule has 4 aliphatic rings. The quantitative estimate of drug-likeness (QED) is 0.283. The Hall–Kier alpha value is -2.10. The van der Waals surface area contributed by atoms with Gasteiger partial charge in [0.25, 0.3) is 0 Å². The zero-order valence-electron chi connectivity index (χ0n) is 18.1. The smallest absolute Gasteiger partial charge is 0.338 e. The predicted molar refractivity (Wildman–Crippen MR) is 117 cm³/mol. The van der Waals surface area contributed by atoms with Crippen molar-refractivity contribution in [3.05, 3.63) is 47.5 Å². The highest BCUT2D eigenvalue weighted by Crippen LogP contribution is 2.64. The van der Waals surface area contributed by atoms with Crippen LogP contribution < -0.4 is 0 Å².